The fourth-order valence-corrected chi connectivity index (χ4v) is 2.37. The summed E-state index contributed by atoms with van der Waals surface area (Å²) in [5.74, 6) is 0.245. The molecule has 0 radical (unpaired) electrons. The number of aromatic hydroxyl groups is 1. The fraction of sp³-hybridized carbons (Fsp3) is 0.571. The minimum atomic E-state index is -4.10. The van der Waals surface area contributed by atoms with Gasteiger partial charge in [-0.2, -0.15) is 13.2 Å². The molecule has 1 fully saturated rings. The summed E-state index contributed by atoms with van der Waals surface area (Å²) < 4.78 is 36.8. The van der Waals surface area contributed by atoms with Crippen molar-refractivity contribution in [1.82, 2.24) is 9.80 Å². The minimum Gasteiger partial charge on any atom is -0.508 e. The van der Waals surface area contributed by atoms with E-state index >= 15 is 0 Å². The first-order chi connectivity index (χ1) is 9.42. The molecule has 2 rings (SSSR count). The number of hydrogen-bond donors (Lipinski definition) is 1. The second-order valence-corrected chi connectivity index (χ2v) is 5.15. The molecule has 0 unspecified atom stereocenters. The lowest BCUT2D eigenvalue weighted by Crippen LogP contribution is -2.49. The van der Waals surface area contributed by atoms with Crippen molar-refractivity contribution < 1.29 is 18.3 Å². The number of phenols is 1. The zero-order chi connectivity index (χ0) is 14.6. The molecule has 0 spiro atoms. The SMILES string of the molecule is Oc1ccc(CCN2CCN(CC(F)(F)F)CC2)cc1. The standard InChI is InChI=1S/C14H19F3N2O/c15-14(16,17)11-19-9-7-18(8-10-19)6-5-12-1-3-13(20)4-2-12/h1-4,20H,5-11H2. The summed E-state index contributed by atoms with van der Waals surface area (Å²) in [4.78, 5) is 3.64. The molecule has 112 valence electrons. The fourth-order valence-electron chi connectivity index (χ4n) is 2.37. The number of alkyl halides is 3. The molecule has 20 heavy (non-hydrogen) atoms. The van der Waals surface area contributed by atoms with Crippen LogP contribution in [-0.4, -0.2) is 60.4 Å². The van der Waals surface area contributed by atoms with Crippen LogP contribution in [0.2, 0.25) is 0 Å². The van der Waals surface area contributed by atoms with Gasteiger partial charge in [0.1, 0.15) is 5.75 Å². The largest absolute Gasteiger partial charge is 0.508 e. The number of halogens is 3. The molecule has 1 saturated heterocycles. The quantitative estimate of drug-likeness (QED) is 0.919. The van der Waals surface area contributed by atoms with Gasteiger partial charge in [-0.05, 0) is 24.1 Å². The Hall–Kier alpha value is -1.27. The summed E-state index contributed by atoms with van der Waals surface area (Å²) >= 11 is 0. The Labute approximate surface area is 116 Å². The summed E-state index contributed by atoms with van der Waals surface area (Å²) in [5, 5.41) is 9.19. The lowest BCUT2D eigenvalue weighted by molar-refractivity contribution is -0.149. The lowest BCUT2D eigenvalue weighted by Gasteiger charge is -2.34. The van der Waals surface area contributed by atoms with Crippen molar-refractivity contribution in [1.29, 1.82) is 0 Å². The number of piperazine rings is 1. The average molecular weight is 288 g/mol. The van der Waals surface area contributed by atoms with Gasteiger partial charge in [0.25, 0.3) is 0 Å². The van der Waals surface area contributed by atoms with Crippen LogP contribution in [0.5, 0.6) is 5.75 Å². The molecule has 3 nitrogen and oxygen atoms in total. The Balaban J connectivity index is 1.70. The molecule has 1 aromatic rings. The first-order valence-corrected chi connectivity index (χ1v) is 6.72. The van der Waals surface area contributed by atoms with Crippen LogP contribution in [0.25, 0.3) is 0 Å². The van der Waals surface area contributed by atoms with Crippen molar-refractivity contribution >= 4 is 0 Å². The van der Waals surface area contributed by atoms with Gasteiger partial charge < -0.3 is 10.0 Å². The maximum absolute atomic E-state index is 12.3. The Kier molecular flexibility index (Phi) is 4.88. The van der Waals surface area contributed by atoms with Crippen molar-refractivity contribution in [3.63, 3.8) is 0 Å². The molecule has 0 atom stereocenters. The molecule has 1 aliphatic heterocycles. The molecular formula is C14H19F3N2O. The number of nitrogens with zero attached hydrogens (tertiary/aromatic N) is 2. The van der Waals surface area contributed by atoms with Crippen molar-refractivity contribution in [2.75, 3.05) is 39.3 Å². The molecule has 0 amide bonds. The predicted molar refractivity (Wildman–Crippen MR) is 70.7 cm³/mol. The maximum atomic E-state index is 12.3. The van der Waals surface area contributed by atoms with Gasteiger partial charge in [-0.1, -0.05) is 12.1 Å². The zero-order valence-electron chi connectivity index (χ0n) is 11.2. The van der Waals surface area contributed by atoms with Crippen LogP contribution < -0.4 is 0 Å². The third-order valence-corrected chi connectivity index (χ3v) is 3.52. The van der Waals surface area contributed by atoms with Gasteiger partial charge in [-0.15, -0.1) is 0 Å². The highest BCUT2D eigenvalue weighted by molar-refractivity contribution is 5.25. The Bertz CT molecular complexity index is 411. The molecule has 0 aliphatic carbocycles. The van der Waals surface area contributed by atoms with Gasteiger partial charge in [0.05, 0.1) is 6.54 Å². The first-order valence-electron chi connectivity index (χ1n) is 6.72. The highest BCUT2D eigenvalue weighted by atomic mass is 19.4. The molecule has 0 aromatic heterocycles. The van der Waals surface area contributed by atoms with E-state index in [2.05, 4.69) is 4.90 Å². The third kappa shape index (κ3) is 5.02. The summed E-state index contributed by atoms with van der Waals surface area (Å²) in [6, 6.07) is 7.04. The van der Waals surface area contributed by atoms with Gasteiger partial charge in [0, 0.05) is 32.7 Å². The van der Waals surface area contributed by atoms with Gasteiger partial charge >= 0.3 is 6.18 Å². The van der Waals surface area contributed by atoms with Gasteiger partial charge in [-0.25, -0.2) is 0 Å². The Morgan fingerprint density at radius 3 is 2.05 bits per heavy atom. The van der Waals surface area contributed by atoms with Gasteiger partial charge in [0.15, 0.2) is 0 Å². The van der Waals surface area contributed by atoms with Crippen LogP contribution in [-0.2, 0) is 6.42 Å². The van der Waals surface area contributed by atoms with E-state index in [1.54, 1.807) is 12.1 Å². The highest BCUT2D eigenvalue weighted by Crippen LogP contribution is 2.17. The molecule has 0 saturated carbocycles. The van der Waals surface area contributed by atoms with Gasteiger partial charge in [0.2, 0.25) is 0 Å². The molecule has 1 aromatic carbocycles. The number of rotatable bonds is 4. The van der Waals surface area contributed by atoms with Crippen molar-refractivity contribution in [3.05, 3.63) is 29.8 Å². The summed E-state index contributed by atoms with van der Waals surface area (Å²) in [6.45, 7) is 2.32. The molecule has 1 heterocycles. The van der Waals surface area contributed by atoms with E-state index in [4.69, 9.17) is 0 Å². The van der Waals surface area contributed by atoms with E-state index in [0.29, 0.717) is 26.2 Å². The summed E-state index contributed by atoms with van der Waals surface area (Å²) in [6.07, 6.45) is -3.26. The Morgan fingerprint density at radius 2 is 1.50 bits per heavy atom. The van der Waals surface area contributed by atoms with Crippen molar-refractivity contribution in [3.8, 4) is 5.75 Å². The van der Waals surface area contributed by atoms with E-state index in [1.165, 1.54) is 4.90 Å². The number of benzene rings is 1. The lowest BCUT2D eigenvalue weighted by atomic mass is 10.1. The van der Waals surface area contributed by atoms with E-state index in [0.717, 1.165) is 18.5 Å². The van der Waals surface area contributed by atoms with Crippen molar-refractivity contribution in [2.24, 2.45) is 0 Å². The molecular weight excluding hydrogens is 269 g/mol. The molecule has 1 aliphatic rings. The smallest absolute Gasteiger partial charge is 0.401 e. The molecule has 1 N–H and O–H groups in total. The van der Waals surface area contributed by atoms with E-state index < -0.39 is 12.7 Å². The average Bonchev–Trinajstić information content (AvgIpc) is 2.38. The number of hydrogen-bond acceptors (Lipinski definition) is 3. The summed E-state index contributed by atoms with van der Waals surface area (Å²) in [7, 11) is 0. The second kappa shape index (κ2) is 6.45. The summed E-state index contributed by atoms with van der Waals surface area (Å²) in [5.41, 5.74) is 1.13. The Morgan fingerprint density at radius 1 is 0.950 bits per heavy atom. The first kappa shape index (κ1) is 15.1. The van der Waals surface area contributed by atoms with Crippen LogP contribution in [0.1, 0.15) is 5.56 Å². The highest BCUT2D eigenvalue weighted by Gasteiger charge is 2.31. The monoisotopic (exact) mass is 288 g/mol. The van der Waals surface area contributed by atoms with Crippen molar-refractivity contribution in [2.45, 2.75) is 12.6 Å². The molecule has 6 heteroatoms. The maximum Gasteiger partial charge on any atom is 0.401 e. The third-order valence-electron chi connectivity index (χ3n) is 3.52. The molecule has 0 bridgehead atoms. The second-order valence-electron chi connectivity index (χ2n) is 5.15. The van der Waals surface area contributed by atoms with Crippen LogP contribution >= 0.6 is 0 Å². The zero-order valence-corrected chi connectivity index (χ0v) is 11.2. The van der Waals surface area contributed by atoms with E-state index in [-0.39, 0.29) is 5.75 Å². The van der Waals surface area contributed by atoms with E-state index in [1.807, 2.05) is 12.1 Å². The minimum absolute atomic E-state index is 0.245. The van der Waals surface area contributed by atoms with E-state index in [9.17, 15) is 18.3 Å². The van der Waals surface area contributed by atoms with Crippen LogP contribution in [0, 0.1) is 0 Å². The van der Waals surface area contributed by atoms with Crippen LogP contribution in [0.4, 0.5) is 13.2 Å². The normalized spacial score (nSPS) is 18.4. The topological polar surface area (TPSA) is 26.7 Å². The predicted octanol–water partition coefficient (Wildman–Crippen LogP) is 2.11. The van der Waals surface area contributed by atoms with Crippen LogP contribution in [0.15, 0.2) is 24.3 Å². The van der Waals surface area contributed by atoms with Crippen LogP contribution in [0.3, 0.4) is 0 Å². The van der Waals surface area contributed by atoms with Gasteiger partial charge in [-0.3, -0.25) is 4.90 Å². The number of phenolic OH excluding ortho intramolecular Hbond substituents is 1.